The van der Waals surface area contributed by atoms with Gasteiger partial charge in [-0.15, -0.1) is 0 Å². The molecule has 4 heteroatoms. The second-order valence-corrected chi connectivity index (χ2v) is 6.21. The van der Waals surface area contributed by atoms with Crippen molar-refractivity contribution in [1.29, 1.82) is 0 Å². The number of aliphatic hydroxyl groups excluding tert-OH is 1. The Labute approximate surface area is 143 Å². The molecule has 2 aromatic carbocycles. The van der Waals surface area contributed by atoms with Gasteiger partial charge in [-0.3, -0.25) is 4.79 Å². The summed E-state index contributed by atoms with van der Waals surface area (Å²) in [5.41, 5.74) is 1.34. The minimum absolute atomic E-state index is 0.0481. The number of hydrogen-bond acceptors (Lipinski definition) is 3. The molecule has 2 rings (SSSR count). The quantitative estimate of drug-likeness (QED) is 0.881. The topological polar surface area (TPSA) is 49.8 Å². The highest BCUT2D eigenvalue weighted by Gasteiger charge is 2.25. The lowest BCUT2D eigenvalue weighted by molar-refractivity contribution is 0.0486. The fourth-order valence-electron chi connectivity index (χ4n) is 2.50. The number of benzene rings is 2. The smallest absolute Gasteiger partial charge is 0.254 e. The minimum Gasteiger partial charge on any atom is -0.491 e. The molecule has 1 amide bonds. The Balaban J connectivity index is 2.14. The van der Waals surface area contributed by atoms with Crippen LogP contribution in [0.25, 0.3) is 0 Å². The zero-order valence-electron chi connectivity index (χ0n) is 14.6. The lowest BCUT2D eigenvalue weighted by atomic mass is 10.0. The summed E-state index contributed by atoms with van der Waals surface area (Å²) in [6.45, 7) is 5.72. The van der Waals surface area contributed by atoms with Gasteiger partial charge in [-0.25, -0.2) is 0 Å². The minimum atomic E-state index is -0.741. The average molecular weight is 327 g/mol. The van der Waals surface area contributed by atoms with Gasteiger partial charge >= 0.3 is 0 Å². The normalized spacial score (nSPS) is 13.4. The molecule has 0 saturated heterocycles. The molecular weight excluding hydrogens is 302 g/mol. The molecule has 24 heavy (non-hydrogen) atoms. The summed E-state index contributed by atoms with van der Waals surface area (Å²) in [7, 11) is 1.70. The first kappa shape index (κ1) is 18.0. The molecule has 0 fully saturated rings. The van der Waals surface area contributed by atoms with Gasteiger partial charge in [0.1, 0.15) is 5.75 Å². The monoisotopic (exact) mass is 327 g/mol. The van der Waals surface area contributed by atoms with E-state index in [1.807, 2.05) is 57.2 Å². The first-order valence-electron chi connectivity index (χ1n) is 8.17. The van der Waals surface area contributed by atoms with E-state index in [1.54, 1.807) is 30.1 Å². The van der Waals surface area contributed by atoms with E-state index in [1.165, 1.54) is 0 Å². The maximum absolute atomic E-state index is 12.7. The summed E-state index contributed by atoms with van der Waals surface area (Å²) < 4.78 is 5.64. The number of nitrogens with zero attached hydrogens (tertiary/aromatic N) is 1. The van der Waals surface area contributed by atoms with E-state index in [4.69, 9.17) is 4.74 Å². The molecule has 0 aromatic heterocycles. The van der Waals surface area contributed by atoms with E-state index in [0.717, 1.165) is 5.56 Å². The molecule has 2 atom stereocenters. The molecule has 0 aliphatic carbocycles. The molecule has 1 N–H and O–H groups in total. The third kappa shape index (κ3) is 4.36. The van der Waals surface area contributed by atoms with Crippen LogP contribution in [0, 0.1) is 0 Å². The van der Waals surface area contributed by atoms with Crippen molar-refractivity contribution in [3.05, 3.63) is 65.7 Å². The third-order valence-corrected chi connectivity index (χ3v) is 3.98. The van der Waals surface area contributed by atoms with Crippen LogP contribution in [-0.4, -0.2) is 35.1 Å². The Hall–Kier alpha value is -2.33. The summed E-state index contributed by atoms with van der Waals surface area (Å²) in [6.07, 6.45) is -0.692. The molecule has 4 nitrogen and oxygen atoms in total. The molecular formula is C20H25NO3. The van der Waals surface area contributed by atoms with Crippen molar-refractivity contribution in [2.45, 2.75) is 39.0 Å². The highest BCUT2D eigenvalue weighted by molar-refractivity contribution is 5.94. The Morgan fingerprint density at radius 1 is 1.04 bits per heavy atom. The van der Waals surface area contributed by atoms with Gasteiger partial charge < -0.3 is 14.7 Å². The predicted molar refractivity (Wildman–Crippen MR) is 95.2 cm³/mol. The summed E-state index contributed by atoms with van der Waals surface area (Å²) >= 11 is 0. The number of hydrogen-bond donors (Lipinski definition) is 1. The third-order valence-electron chi connectivity index (χ3n) is 3.98. The van der Waals surface area contributed by atoms with Gasteiger partial charge in [-0.1, -0.05) is 36.4 Å². The largest absolute Gasteiger partial charge is 0.491 e. The first-order valence-corrected chi connectivity index (χ1v) is 8.17. The number of aliphatic hydroxyl groups is 1. The Morgan fingerprint density at radius 3 is 2.33 bits per heavy atom. The van der Waals surface area contributed by atoms with Gasteiger partial charge in [0.05, 0.1) is 18.2 Å². The van der Waals surface area contributed by atoms with Crippen LogP contribution in [0.15, 0.2) is 54.6 Å². The molecule has 0 spiro atoms. The Morgan fingerprint density at radius 2 is 1.71 bits per heavy atom. The molecule has 2 unspecified atom stereocenters. The maximum atomic E-state index is 12.7. The highest BCUT2D eigenvalue weighted by atomic mass is 16.5. The van der Waals surface area contributed by atoms with Gasteiger partial charge in [0.2, 0.25) is 0 Å². The van der Waals surface area contributed by atoms with E-state index >= 15 is 0 Å². The molecule has 0 aliphatic heterocycles. The molecule has 0 bridgehead atoms. The van der Waals surface area contributed by atoms with Crippen LogP contribution in [0.5, 0.6) is 5.75 Å². The van der Waals surface area contributed by atoms with Crippen molar-refractivity contribution < 1.29 is 14.6 Å². The predicted octanol–water partition coefficient (Wildman–Crippen LogP) is 3.67. The van der Waals surface area contributed by atoms with Crippen LogP contribution in [-0.2, 0) is 0 Å². The van der Waals surface area contributed by atoms with Crippen molar-refractivity contribution in [3.63, 3.8) is 0 Å². The van der Waals surface area contributed by atoms with Gasteiger partial charge in [0, 0.05) is 12.6 Å². The first-order chi connectivity index (χ1) is 11.4. The van der Waals surface area contributed by atoms with Crippen LogP contribution in [0.3, 0.4) is 0 Å². The fourth-order valence-corrected chi connectivity index (χ4v) is 2.50. The maximum Gasteiger partial charge on any atom is 0.254 e. The average Bonchev–Trinajstić information content (AvgIpc) is 2.59. The summed E-state index contributed by atoms with van der Waals surface area (Å²) in [5.74, 6) is 0.521. The molecule has 0 radical (unpaired) electrons. The van der Waals surface area contributed by atoms with E-state index in [-0.39, 0.29) is 18.1 Å². The van der Waals surface area contributed by atoms with Crippen LogP contribution in [0.1, 0.15) is 42.8 Å². The lowest BCUT2D eigenvalue weighted by Gasteiger charge is -2.29. The number of rotatable bonds is 6. The standard InChI is InChI=1S/C20H25NO3/c1-14(2)24-18-12-8-11-17(13-18)20(23)21(4)15(3)19(22)16-9-6-5-7-10-16/h5-15,19,22H,1-4H3. The zero-order valence-corrected chi connectivity index (χ0v) is 14.6. The molecule has 0 aliphatic rings. The van der Waals surface area contributed by atoms with E-state index in [2.05, 4.69) is 0 Å². The molecule has 0 saturated carbocycles. The van der Waals surface area contributed by atoms with Gasteiger partial charge in [0.25, 0.3) is 5.91 Å². The van der Waals surface area contributed by atoms with Crippen molar-refractivity contribution in [2.24, 2.45) is 0 Å². The number of carbonyl (C=O) groups is 1. The van der Waals surface area contributed by atoms with Crippen LogP contribution in [0.2, 0.25) is 0 Å². The van der Waals surface area contributed by atoms with Gasteiger partial charge in [0.15, 0.2) is 0 Å². The van der Waals surface area contributed by atoms with Crippen LogP contribution < -0.4 is 4.74 Å². The summed E-state index contributed by atoms with van der Waals surface area (Å²) in [6, 6.07) is 16.1. The Kier molecular flexibility index (Phi) is 5.99. The van der Waals surface area contributed by atoms with Crippen LogP contribution >= 0.6 is 0 Å². The number of likely N-dealkylation sites (N-methyl/N-ethyl adjacent to an activating group) is 1. The van der Waals surface area contributed by atoms with Gasteiger partial charge in [-0.2, -0.15) is 0 Å². The summed E-state index contributed by atoms with van der Waals surface area (Å²) in [5, 5.41) is 10.5. The second kappa shape index (κ2) is 7.97. The Bertz CT molecular complexity index is 670. The number of amides is 1. The fraction of sp³-hybridized carbons (Fsp3) is 0.350. The second-order valence-electron chi connectivity index (χ2n) is 6.21. The highest BCUT2D eigenvalue weighted by Crippen LogP contribution is 2.22. The van der Waals surface area contributed by atoms with Crippen LogP contribution in [0.4, 0.5) is 0 Å². The van der Waals surface area contributed by atoms with Crippen molar-refractivity contribution in [1.82, 2.24) is 4.90 Å². The zero-order chi connectivity index (χ0) is 17.7. The molecule has 2 aromatic rings. The van der Waals surface area contributed by atoms with Crippen molar-refractivity contribution >= 4 is 5.91 Å². The summed E-state index contributed by atoms with van der Waals surface area (Å²) in [4.78, 5) is 14.3. The SMILES string of the molecule is CC(C)Oc1cccc(C(=O)N(C)C(C)C(O)c2ccccc2)c1. The number of carbonyl (C=O) groups excluding carboxylic acids is 1. The molecule has 128 valence electrons. The van der Waals surface area contributed by atoms with E-state index < -0.39 is 6.10 Å². The van der Waals surface area contributed by atoms with Gasteiger partial charge in [-0.05, 0) is 44.5 Å². The van der Waals surface area contributed by atoms with Crippen molar-refractivity contribution in [2.75, 3.05) is 7.05 Å². The molecule has 0 heterocycles. The number of ether oxygens (including phenoxy) is 1. The van der Waals surface area contributed by atoms with E-state index in [0.29, 0.717) is 11.3 Å². The lowest BCUT2D eigenvalue weighted by Crippen LogP contribution is -2.39. The van der Waals surface area contributed by atoms with Crippen molar-refractivity contribution in [3.8, 4) is 5.75 Å². The van der Waals surface area contributed by atoms with E-state index in [9.17, 15) is 9.90 Å².